The van der Waals surface area contributed by atoms with Crippen LogP contribution in [0.2, 0.25) is 0 Å². The van der Waals surface area contributed by atoms with Crippen molar-refractivity contribution in [3.8, 4) is 16.9 Å². The van der Waals surface area contributed by atoms with Crippen LogP contribution in [-0.4, -0.2) is 18.6 Å². The predicted molar refractivity (Wildman–Crippen MR) is 81.0 cm³/mol. The summed E-state index contributed by atoms with van der Waals surface area (Å²) in [5.74, 6) is 1.08. The van der Waals surface area contributed by atoms with Crippen molar-refractivity contribution < 1.29 is 9.53 Å². The summed E-state index contributed by atoms with van der Waals surface area (Å²) in [4.78, 5) is 11.6. The number of carbonyl (C=O) groups excluding carboxylic acids is 1. The molecule has 0 spiro atoms. The molecule has 0 bridgehead atoms. The summed E-state index contributed by atoms with van der Waals surface area (Å²) in [6.45, 7) is 0. The third-order valence-corrected chi connectivity index (χ3v) is 3.30. The van der Waals surface area contributed by atoms with Crippen LogP contribution < -0.4 is 4.74 Å². The molecule has 2 aromatic carbocycles. The van der Waals surface area contributed by atoms with Crippen molar-refractivity contribution in [3.63, 3.8) is 0 Å². The summed E-state index contributed by atoms with van der Waals surface area (Å²) in [7, 11) is 1.62. The first-order chi connectivity index (χ1) is 9.24. The summed E-state index contributed by atoms with van der Waals surface area (Å²) >= 11 is 4.01. The average molecular weight is 272 g/mol. The van der Waals surface area contributed by atoms with Gasteiger partial charge in [0.1, 0.15) is 11.5 Å². The summed E-state index contributed by atoms with van der Waals surface area (Å²) < 4.78 is 5.30. The van der Waals surface area contributed by atoms with Crippen molar-refractivity contribution >= 4 is 18.4 Å². The minimum atomic E-state index is 0.0897. The topological polar surface area (TPSA) is 26.3 Å². The van der Waals surface area contributed by atoms with E-state index in [1.807, 2.05) is 48.5 Å². The zero-order valence-electron chi connectivity index (χ0n) is 10.8. The van der Waals surface area contributed by atoms with E-state index in [9.17, 15) is 4.79 Å². The number of hydrogen-bond acceptors (Lipinski definition) is 3. The molecule has 0 aliphatic carbocycles. The van der Waals surface area contributed by atoms with Crippen LogP contribution in [-0.2, 0) is 11.2 Å². The second kappa shape index (κ2) is 6.43. The fourth-order valence-corrected chi connectivity index (χ4v) is 2.11. The molecule has 2 aromatic rings. The van der Waals surface area contributed by atoms with Gasteiger partial charge in [-0.3, -0.25) is 4.79 Å². The summed E-state index contributed by atoms with van der Waals surface area (Å²) in [5.41, 5.74) is 3.12. The first kappa shape index (κ1) is 13.7. The van der Waals surface area contributed by atoms with Crippen molar-refractivity contribution in [2.75, 3.05) is 12.9 Å². The van der Waals surface area contributed by atoms with Gasteiger partial charge in [-0.2, -0.15) is 12.6 Å². The van der Waals surface area contributed by atoms with E-state index in [2.05, 4.69) is 12.6 Å². The van der Waals surface area contributed by atoms with Gasteiger partial charge in [0.25, 0.3) is 0 Å². The van der Waals surface area contributed by atoms with Gasteiger partial charge in [-0.1, -0.05) is 36.4 Å². The maximum atomic E-state index is 11.6. The lowest BCUT2D eigenvalue weighted by Crippen LogP contribution is -2.05. The van der Waals surface area contributed by atoms with Gasteiger partial charge in [0.05, 0.1) is 7.11 Å². The van der Waals surface area contributed by atoms with E-state index in [1.165, 1.54) is 0 Å². The van der Waals surface area contributed by atoms with Crippen LogP contribution in [0.25, 0.3) is 11.1 Å². The van der Waals surface area contributed by atoms with E-state index in [-0.39, 0.29) is 11.5 Å². The lowest BCUT2D eigenvalue weighted by Gasteiger charge is -2.10. The van der Waals surface area contributed by atoms with Crippen molar-refractivity contribution in [1.29, 1.82) is 0 Å². The summed E-state index contributed by atoms with van der Waals surface area (Å²) in [6, 6.07) is 16.0. The Morgan fingerprint density at radius 3 is 2.47 bits per heavy atom. The maximum absolute atomic E-state index is 11.6. The van der Waals surface area contributed by atoms with Crippen LogP contribution in [0, 0.1) is 0 Å². The molecule has 3 heteroatoms. The molecule has 0 heterocycles. The Morgan fingerprint density at radius 1 is 1.11 bits per heavy atom. The minimum Gasteiger partial charge on any atom is -0.496 e. The quantitative estimate of drug-likeness (QED) is 0.844. The van der Waals surface area contributed by atoms with Gasteiger partial charge in [-0.05, 0) is 23.3 Å². The number of thiol groups is 1. The fourth-order valence-electron chi connectivity index (χ4n) is 2.00. The van der Waals surface area contributed by atoms with Crippen molar-refractivity contribution in [3.05, 3.63) is 54.1 Å². The van der Waals surface area contributed by atoms with Gasteiger partial charge in [0.15, 0.2) is 0 Å². The standard InChI is InChI=1S/C16H16O2S/c1-18-16-8-7-13(12-5-3-2-4-6-12)9-14(16)10-15(17)11-19/h2-9,19H,10-11H2,1H3. The van der Waals surface area contributed by atoms with Crippen molar-refractivity contribution in [2.24, 2.45) is 0 Å². The van der Waals surface area contributed by atoms with Crippen molar-refractivity contribution in [1.82, 2.24) is 0 Å². The van der Waals surface area contributed by atoms with Crippen molar-refractivity contribution in [2.45, 2.75) is 6.42 Å². The highest BCUT2D eigenvalue weighted by Gasteiger charge is 2.09. The fraction of sp³-hybridized carbons (Fsp3) is 0.188. The number of rotatable bonds is 5. The van der Waals surface area contributed by atoms with Crippen LogP contribution in [0.15, 0.2) is 48.5 Å². The van der Waals surface area contributed by atoms with Crippen LogP contribution >= 0.6 is 12.6 Å². The Balaban J connectivity index is 2.38. The molecule has 98 valence electrons. The Bertz CT molecular complexity index is 564. The first-order valence-corrected chi connectivity index (χ1v) is 6.72. The molecular weight excluding hydrogens is 256 g/mol. The summed E-state index contributed by atoms with van der Waals surface area (Å²) in [5, 5.41) is 0. The number of carbonyl (C=O) groups is 1. The number of methoxy groups -OCH3 is 1. The number of ether oxygens (including phenoxy) is 1. The molecule has 0 amide bonds. The second-order valence-electron chi connectivity index (χ2n) is 4.27. The molecule has 0 radical (unpaired) electrons. The third-order valence-electron chi connectivity index (χ3n) is 2.95. The van der Waals surface area contributed by atoms with E-state index in [4.69, 9.17) is 4.74 Å². The van der Waals surface area contributed by atoms with Crippen LogP contribution in [0.4, 0.5) is 0 Å². The molecule has 2 nitrogen and oxygen atoms in total. The molecule has 0 aliphatic rings. The Morgan fingerprint density at radius 2 is 1.84 bits per heavy atom. The molecule has 0 aliphatic heterocycles. The largest absolute Gasteiger partial charge is 0.496 e. The van der Waals surface area contributed by atoms with Gasteiger partial charge in [0.2, 0.25) is 0 Å². The smallest absolute Gasteiger partial charge is 0.146 e. The second-order valence-corrected chi connectivity index (χ2v) is 4.58. The number of benzene rings is 2. The van der Waals surface area contributed by atoms with Gasteiger partial charge >= 0.3 is 0 Å². The highest BCUT2D eigenvalue weighted by atomic mass is 32.1. The normalized spacial score (nSPS) is 10.2. The lowest BCUT2D eigenvalue weighted by atomic mass is 10.00. The van der Waals surface area contributed by atoms with E-state index in [1.54, 1.807) is 7.11 Å². The van der Waals surface area contributed by atoms with E-state index in [0.29, 0.717) is 6.42 Å². The first-order valence-electron chi connectivity index (χ1n) is 6.09. The molecule has 0 unspecified atom stereocenters. The van der Waals surface area contributed by atoms with Crippen LogP contribution in [0.5, 0.6) is 5.75 Å². The predicted octanol–water partition coefficient (Wildman–Crippen LogP) is 3.40. The van der Waals surface area contributed by atoms with Crippen LogP contribution in [0.3, 0.4) is 0 Å². The highest BCUT2D eigenvalue weighted by molar-refractivity contribution is 7.81. The summed E-state index contributed by atoms with van der Waals surface area (Å²) in [6.07, 6.45) is 0.355. The maximum Gasteiger partial charge on any atom is 0.146 e. The molecule has 0 fully saturated rings. The molecule has 0 atom stereocenters. The number of Topliss-reactive ketones (excluding diaryl/α,β-unsaturated/α-hetero) is 1. The Kier molecular flexibility index (Phi) is 4.63. The molecule has 2 rings (SSSR count). The van der Waals surface area contributed by atoms with Gasteiger partial charge < -0.3 is 4.74 Å². The third kappa shape index (κ3) is 3.38. The molecule has 0 N–H and O–H groups in total. The zero-order chi connectivity index (χ0) is 13.7. The Labute approximate surface area is 118 Å². The monoisotopic (exact) mass is 272 g/mol. The van der Waals surface area contributed by atoms with Crippen LogP contribution in [0.1, 0.15) is 5.56 Å². The van der Waals surface area contributed by atoms with Gasteiger partial charge in [0, 0.05) is 17.7 Å². The molecule has 19 heavy (non-hydrogen) atoms. The molecular formula is C16H16O2S. The highest BCUT2D eigenvalue weighted by Crippen LogP contribution is 2.27. The SMILES string of the molecule is COc1ccc(-c2ccccc2)cc1CC(=O)CS. The number of ketones is 1. The van der Waals surface area contributed by atoms with E-state index in [0.717, 1.165) is 22.4 Å². The number of hydrogen-bond donors (Lipinski definition) is 1. The van der Waals surface area contributed by atoms with Gasteiger partial charge in [-0.15, -0.1) is 0 Å². The minimum absolute atomic E-state index is 0.0897. The van der Waals surface area contributed by atoms with E-state index < -0.39 is 0 Å². The molecule has 0 aromatic heterocycles. The zero-order valence-corrected chi connectivity index (χ0v) is 11.7. The van der Waals surface area contributed by atoms with Gasteiger partial charge in [-0.25, -0.2) is 0 Å². The molecule has 0 saturated carbocycles. The van der Waals surface area contributed by atoms with E-state index >= 15 is 0 Å². The lowest BCUT2D eigenvalue weighted by molar-refractivity contribution is -0.116. The Hall–Kier alpha value is -1.74. The molecule has 0 saturated heterocycles. The average Bonchev–Trinajstić information content (AvgIpc) is 2.48.